The van der Waals surface area contributed by atoms with Crippen molar-refractivity contribution in [2.24, 2.45) is 10.8 Å². The summed E-state index contributed by atoms with van der Waals surface area (Å²) in [6.07, 6.45) is 0. The molecule has 0 fully saturated rings. The van der Waals surface area contributed by atoms with Gasteiger partial charge in [0.15, 0.2) is 22.9 Å². The van der Waals surface area contributed by atoms with E-state index in [9.17, 15) is 23.9 Å². The Hall–Kier alpha value is -3.66. The zero-order valence-corrected chi connectivity index (χ0v) is 20.7. The Bertz CT molecular complexity index is 1460. The zero-order valence-electron chi connectivity index (χ0n) is 20.7. The van der Waals surface area contributed by atoms with Crippen LogP contribution in [0.3, 0.4) is 0 Å². The van der Waals surface area contributed by atoms with E-state index >= 15 is 8.78 Å². The maximum Gasteiger partial charge on any atom is 0.229 e. The molecular formula is C26H27F3N2O5. The predicted octanol–water partition coefficient (Wildman–Crippen LogP) is 5.17. The van der Waals surface area contributed by atoms with Crippen LogP contribution in [0.5, 0.6) is 0 Å². The molecule has 0 saturated heterocycles. The first-order valence-corrected chi connectivity index (χ1v) is 11.0. The van der Waals surface area contributed by atoms with Crippen LogP contribution < -0.4 is 16.5 Å². The Morgan fingerprint density at radius 3 is 2.14 bits per heavy atom. The van der Waals surface area contributed by atoms with Crippen LogP contribution in [0.25, 0.3) is 22.3 Å². The van der Waals surface area contributed by atoms with Crippen molar-refractivity contribution < 1.29 is 32.3 Å². The standard InChI is InChI=1S/C26H27F3N2O5/c1-25(2,3)23(34)15-16-20(33)19(30)21(36-22(16)18(29)12(10-32)17(15)28)11-7-8-14(13(27)9-11)31-24(35)26(4,5)6/h7-9,32H,10,30H2,1-6H3,(H,31,35). The molecule has 0 aliphatic rings. The smallest absolute Gasteiger partial charge is 0.229 e. The van der Waals surface area contributed by atoms with Crippen LogP contribution in [0.1, 0.15) is 57.5 Å². The van der Waals surface area contributed by atoms with Gasteiger partial charge in [0, 0.05) is 16.4 Å². The molecule has 0 saturated carbocycles. The molecule has 0 aliphatic carbocycles. The van der Waals surface area contributed by atoms with Crippen LogP contribution in [-0.2, 0) is 11.4 Å². The van der Waals surface area contributed by atoms with E-state index in [4.69, 9.17) is 10.2 Å². The summed E-state index contributed by atoms with van der Waals surface area (Å²) in [6.45, 7) is 8.26. The van der Waals surface area contributed by atoms with Crippen LogP contribution in [0, 0.1) is 28.3 Å². The van der Waals surface area contributed by atoms with E-state index in [1.54, 1.807) is 20.8 Å². The average Bonchev–Trinajstić information content (AvgIpc) is 2.76. The highest BCUT2D eigenvalue weighted by atomic mass is 19.1. The van der Waals surface area contributed by atoms with Gasteiger partial charge >= 0.3 is 0 Å². The molecular weight excluding hydrogens is 477 g/mol. The number of aliphatic hydroxyl groups is 1. The maximum atomic E-state index is 15.2. The molecule has 0 spiro atoms. The molecule has 7 nitrogen and oxygen atoms in total. The van der Waals surface area contributed by atoms with Crippen molar-refractivity contribution in [1.82, 2.24) is 0 Å². The Labute approximate surface area is 205 Å². The van der Waals surface area contributed by atoms with Gasteiger partial charge in [-0.15, -0.1) is 0 Å². The van der Waals surface area contributed by atoms with Crippen molar-refractivity contribution >= 4 is 34.0 Å². The highest BCUT2D eigenvalue weighted by Crippen LogP contribution is 2.36. The number of Topliss-reactive ketones (excluding diaryl/α,β-unsaturated/α-hetero) is 1. The van der Waals surface area contributed by atoms with Crippen LogP contribution in [-0.4, -0.2) is 16.8 Å². The number of rotatable bonds is 4. The summed E-state index contributed by atoms with van der Waals surface area (Å²) in [7, 11) is 0. The minimum atomic E-state index is -1.39. The van der Waals surface area contributed by atoms with Crippen molar-refractivity contribution in [3.63, 3.8) is 0 Å². The lowest BCUT2D eigenvalue weighted by atomic mass is 9.84. The summed E-state index contributed by atoms with van der Waals surface area (Å²) in [5.41, 5.74) is -0.333. The van der Waals surface area contributed by atoms with Gasteiger partial charge in [-0.05, 0) is 18.2 Å². The van der Waals surface area contributed by atoms with E-state index in [-0.39, 0.29) is 11.3 Å². The number of ketones is 1. The van der Waals surface area contributed by atoms with Crippen molar-refractivity contribution in [3.05, 3.63) is 57.0 Å². The molecule has 10 heteroatoms. The second-order valence-corrected chi connectivity index (χ2v) is 10.5. The number of halogens is 3. The van der Waals surface area contributed by atoms with Gasteiger partial charge in [0.05, 0.1) is 28.8 Å². The van der Waals surface area contributed by atoms with E-state index in [1.807, 2.05) is 0 Å². The fraction of sp³-hybridized carbons (Fsp3) is 0.346. The van der Waals surface area contributed by atoms with Gasteiger partial charge in [0.2, 0.25) is 11.3 Å². The number of nitrogens with one attached hydrogen (secondary N) is 1. The molecule has 192 valence electrons. The number of aliphatic hydroxyl groups excluding tert-OH is 1. The zero-order chi connectivity index (χ0) is 27.3. The normalized spacial score (nSPS) is 12.2. The molecule has 4 N–H and O–H groups in total. The van der Waals surface area contributed by atoms with E-state index in [2.05, 4.69) is 5.32 Å². The molecule has 1 heterocycles. The third kappa shape index (κ3) is 4.60. The number of nitrogen functional groups attached to an aromatic ring is 1. The third-order valence-electron chi connectivity index (χ3n) is 5.57. The number of nitrogens with two attached hydrogens (primary N) is 1. The molecule has 1 amide bonds. The molecule has 0 aliphatic heterocycles. The highest BCUT2D eigenvalue weighted by Gasteiger charge is 2.34. The molecule has 1 aromatic heterocycles. The van der Waals surface area contributed by atoms with Gasteiger partial charge in [0.1, 0.15) is 17.3 Å². The summed E-state index contributed by atoms with van der Waals surface area (Å²) in [5.74, 6) is -5.35. The summed E-state index contributed by atoms with van der Waals surface area (Å²) in [4.78, 5) is 38.4. The Balaban J connectivity index is 2.31. The largest absolute Gasteiger partial charge is 0.450 e. The quantitative estimate of drug-likeness (QED) is 0.422. The molecule has 3 aromatic rings. The second-order valence-electron chi connectivity index (χ2n) is 10.5. The van der Waals surface area contributed by atoms with E-state index < -0.39 is 85.6 Å². The first-order valence-electron chi connectivity index (χ1n) is 11.0. The van der Waals surface area contributed by atoms with Crippen LogP contribution in [0.2, 0.25) is 0 Å². The van der Waals surface area contributed by atoms with Gasteiger partial charge < -0.3 is 20.6 Å². The average molecular weight is 505 g/mol. The minimum Gasteiger partial charge on any atom is -0.450 e. The van der Waals surface area contributed by atoms with E-state index in [0.29, 0.717) is 0 Å². The van der Waals surface area contributed by atoms with Crippen molar-refractivity contribution in [3.8, 4) is 11.3 Å². The molecule has 0 radical (unpaired) electrons. The van der Waals surface area contributed by atoms with E-state index in [1.165, 1.54) is 32.9 Å². The summed E-state index contributed by atoms with van der Waals surface area (Å²) in [5, 5.41) is 11.3. The lowest BCUT2D eigenvalue weighted by Crippen LogP contribution is -2.28. The number of amides is 1. The fourth-order valence-electron chi connectivity index (χ4n) is 3.43. The number of carbonyl (C=O) groups is 2. The Morgan fingerprint density at radius 2 is 1.64 bits per heavy atom. The minimum absolute atomic E-state index is 0.0734. The number of anilines is 2. The number of hydrogen-bond donors (Lipinski definition) is 3. The number of hydrogen-bond acceptors (Lipinski definition) is 6. The Morgan fingerprint density at radius 1 is 1.03 bits per heavy atom. The molecule has 0 bridgehead atoms. The predicted molar refractivity (Wildman–Crippen MR) is 130 cm³/mol. The van der Waals surface area contributed by atoms with Crippen molar-refractivity contribution in [2.75, 3.05) is 11.1 Å². The number of carbonyl (C=O) groups excluding carboxylic acids is 2. The molecule has 2 aromatic carbocycles. The highest BCUT2D eigenvalue weighted by molar-refractivity contribution is 6.10. The summed E-state index contributed by atoms with van der Waals surface area (Å²) in [6, 6.07) is 3.43. The number of benzene rings is 2. The summed E-state index contributed by atoms with van der Waals surface area (Å²) >= 11 is 0. The molecule has 36 heavy (non-hydrogen) atoms. The van der Waals surface area contributed by atoms with Crippen molar-refractivity contribution in [2.45, 2.75) is 48.1 Å². The van der Waals surface area contributed by atoms with Crippen LogP contribution in [0.4, 0.5) is 24.5 Å². The number of fused-ring (bicyclic) bond motifs is 1. The van der Waals surface area contributed by atoms with Crippen LogP contribution >= 0.6 is 0 Å². The van der Waals surface area contributed by atoms with Crippen LogP contribution in [0.15, 0.2) is 27.4 Å². The SMILES string of the molecule is CC(C)(C)C(=O)Nc1ccc(-c2oc3c(F)c(CO)c(F)c(C(=O)C(C)(C)C)c3c(=O)c2N)cc1F. The Kier molecular flexibility index (Phi) is 6.80. The van der Waals surface area contributed by atoms with Gasteiger partial charge in [-0.2, -0.15) is 0 Å². The maximum absolute atomic E-state index is 15.2. The molecule has 0 unspecified atom stereocenters. The lowest BCUT2D eigenvalue weighted by molar-refractivity contribution is -0.123. The van der Waals surface area contributed by atoms with Gasteiger partial charge in [-0.1, -0.05) is 41.5 Å². The molecule has 3 rings (SSSR count). The lowest BCUT2D eigenvalue weighted by Gasteiger charge is -2.20. The van der Waals surface area contributed by atoms with E-state index in [0.717, 1.165) is 6.07 Å². The van der Waals surface area contributed by atoms with Crippen molar-refractivity contribution in [1.29, 1.82) is 0 Å². The third-order valence-corrected chi connectivity index (χ3v) is 5.57. The first kappa shape index (κ1) is 26.9. The van der Waals surface area contributed by atoms with Gasteiger partial charge in [-0.3, -0.25) is 14.4 Å². The topological polar surface area (TPSA) is 123 Å². The van der Waals surface area contributed by atoms with Gasteiger partial charge in [-0.25, -0.2) is 13.2 Å². The first-order chi connectivity index (χ1) is 16.5. The fourth-order valence-corrected chi connectivity index (χ4v) is 3.43. The van der Waals surface area contributed by atoms with Gasteiger partial charge in [0.25, 0.3) is 0 Å². The second kappa shape index (κ2) is 9.09. The summed E-state index contributed by atoms with van der Waals surface area (Å²) < 4.78 is 50.7. The molecule has 0 atom stereocenters. The monoisotopic (exact) mass is 504 g/mol.